The number of nitrogens with one attached hydrogen (secondary N) is 2. The van der Waals surface area contributed by atoms with Crippen LogP contribution < -0.4 is 15.4 Å². The molecule has 0 bridgehead atoms. The number of amides is 2. The Balaban J connectivity index is 1.55. The minimum absolute atomic E-state index is 0.218. The van der Waals surface area contributed by atoms with Crippen molar-refractivity contribution in [3.63, 3.8) is 0 Å². The summed E-state index contributed by atoms with van der Waals surface area (Å²) in [6.07, 6.45) is 2.55. The topological polar surface area (TPSA) is 67.4 Å². The highest BCUT2D eigenvalue weighted by atomic mass is 35.5. The number of hydrogen-bond acceptors (Lipinski definition) is 3. The maximum absolute atomic E-state index is 12.5. The Morgan fingerprint density at radius 1 is 0.939 bits per heavy atom. The molecule has 3 aromatic carbocycles. The lowest BCUT2D eigenvalue weighted by Gasteiger charge is -2.16. The van der Waals surface area contributed by atoms with E-state index in [0.29, 0.717) is 27.0 Å². The van der Waals surface area contributed by atoms with Gasteiger partial charge in [0.15, 0.2) is 6.10 Å². The molecule has 33 heavy (non-hydrogen) atoms. The molecule has 7 heteroatoms. The van der Waals surface area contributed by atoms with Crippen LogP contribution in [0.1, 0.15) is 42.6 Å². The fourth-order valence-corrected chi connectivity index (χ4v) is 3.45. The molecule has 0 saturated heterocycles. The number of unbranched alkanes of at least 4 members (excludes halogenated alkanes) is 1. The van der Waals surface area contributed by atoms with Gasteiger partial charge in [-0.2, -0.15) is 0 Å². The molecule has 0 aromatic heterocycles. The van der Waals surface area contributed by atoms with Crippen LogP contribution in [0, 0.1) is 0 Å². The van der Waals surface area contributed by atoms with Gasteiger partial charge in [-0.05, 0) is 79.9 Å². The van der Waals surface area contributed by atoms with Gasteiger partial charge >= 0.3 is 0 Å². The van der Waals surface area contributed by atoms with E-state index in [2.05, 4.69) is 17.6 Å². The van der Waals surface area contributed by atoms with E-state index in [1.54, 1.807) is 49.4 Å². The quantitative estimate of drug-likeness (QED) is 0.343. The lowest BCUT2D eigenvalue weighted by molar-refractivity contribution is -0.122. The molecule has 2 amide bonds. The number of anilines is 2. The van der Waals surface area contributed by atoms with Crippen LogP contribution >= 0.6 is 23.2 Å². The summed E-state index contributed by atoms with van der Waals surface area (Å²) in [6, 6.07) is 19.3. The van der Waals surface area contributed by atoms with E-state index < -0.39 is 6.10 Å². The van der Waals surface area contributed by atoms with Crippen molar-refractivity contribution in [3.05, 3.63) is 87.9 Å². The first-order valence-corrected chi connectivity index (χ1v) is 11.5. The van der Waals surface area contributed by atoms with Gasteiger partial charge in [-0.25, -0.2) is 0 Å². The summed E-state index contributed by atoms with van der Waals surface area (Å²) in [5.74, 6) is -0.126. The van der Waals surface area contributed by atoms with E-state index in [1.807, 2.05) is 24.3 Å². The number of aryl methyl sites for hydroxylation is 1. The van der Waals surface area contributed by atoms with Crippen molar-refractivity contribution in [1.82, 2.24) is 0 Å². The third-order valence-electron chi connectivity index (χ3n) is 5.02. The summed E-state index contributed by atoms with van der Waals surface area (Å²) in [5.41, 5.74) is 2.90. The third kappa shape index (κ3) is 7.24. The molecular formula is C26H26Cl2N2O3. The van der Waals surface area contributed by atoms with Crippen molar-refractivity contribution in [2.24, 2.45) is 0 Å². The van der Waals surface area contributed by atoms with Gasteiger partial charge in [-0.1, -0.05) is 48.7 Å². The number of benzene rings is 3. The van der Waals surface area contributed by atoms with E-state index >= 15 is 0 Å². The summed E-state index contributed by atoms with van der Waals surface area (Å²) in [7, 11) is 0. The summed E-state index contributed by atoms with van der Waals surface area (Å²) >= 11 is 12.0. The Morgan fingerprint density at radius 3 is 2.30 bits per heavy atom. The van der Waals surface area contributed by atoms with Crippen LogP contribution in [0.4, 0.5) is 11.4 Å². The smallest absolute Gasteiger partial charge is 0.265 e. The first kappa shape index (κ1) is 24.6. The van der Waals surface area contributed by atoms with Gasteiger partial charge in [-0.3, -0.25) is 9.59 Å². The van der Waals surface area contributed by atoms with Crippen molar-refractivity contribution in [2.45, 2.75) is 39.2 Å². The van der Waals surface area contributed by atoms with Crippen LogP contribution in [0.3, 0.4) is 0 Å². The Hall–Kier alpha value is -3.02. The molecule has 5 nitrogen and oxygen atoms in total. The standard InChI is InChI=1S/C26H26Cl2N2O3/c1-3-4-5-18-6-11-21(12-7-18)29-26(32)19-8-13-22(14-9-19)33-17(2)25(31)30-24-16-20(27)10-15-23(24)28/h6-17H,3-5H2,1-2H3,(H,29,32)(H,30,31). The molecule has 1 atom stereocenters. The first-order chi connectivity index (χ1) is 15.9. The minimum Gasteiger partial charge on any atom is -0.481 e. The van der Waals surface area contributed by atoms with Crippen LogP contribution in [-0.4, -0.2) is 17.9 Å². The highest BCUT2D eigenvalue weighted by molar-refractivity contribution is 6.35. The second-order valence-corrected chi connectivity index (χ2v) is 8.50. The highest BCUT2D eigenvalue weighted by Gasteiger charge is 2.17. The van der Waals surface area contributed by atoms with Crippen molar-refractivity contribution < 1.29 is 14.3 Å². The maximum atomic E-state index is 12.5. The highest BCUT2D eigenvalue weighted by Crippen LogP contribution is 2.26. The van der Waals surface area contributed by atoms with E-state index in [9.17, 15) is 9.59 Å². The second-order valence-electron chi connectivity index (χ2n) is 7.65. The molecule has 0 spiro atoms. The Bertz CT molecular complexity index is 1100. The Kier molecular flexibility index (Phi) is 8.75. The van der Waals surface area contributed by atoms with Crippen molar-refractivity contribution in [2.75, 3.05) is 10.6 Å². The Labute approximate surface area is 204 Å². The number of carbonyl (C=O) groups is 2. The molecule has 0 aliphatic carbocycles. The number of carbonyl (C=O) groups excluding carboxylic acids is 2. The zero-order valence-corrected chi connectivity index (χ0v) is 20.0. The van der Waals surface area contributed by atoms with E-state index in [1.165, 1.54) is 5.56 Å². The predicted octanol–water partition coefficient (Wildman–Crippen LogP) is 6.99. The average Bonchev–Trinajstić information content (AvgIpc) is 2.81. The zero-order chi connectivity index (χ0) is 23.8. The van der Waals surface area contributed by atoms with Gasteiger partial charge < -0.3 is 15.4 Å². The van der Waals surface area contributed by atoms with Crippen LogP contribution in [0.15, 0.2) is 66.7 Å². The molecule has 0 radical (unpaired) electrons. The fraction of sp³-hybridized carbons (Fsp3) is 0.231. The molecule has 2 N–H and O–H groups in total. The number of hydrogen-bond donors (Lipinski definition) is 2. The summed E-state index contributed by atoms with van der Waals surface area (Å²) < 4.78 is 5.70. The van der Waals surface area contributed by atoms with Crippen molar-refractivity contribution >= 4 is 46.4 Å². The van der Waals surface area contributed by atoms with E-state index in [-0.39, 0.29) is 11.8 Å². The lowest BCUT2D eigenvalue weighted by atomic mass is 10.1. The van der Waals surface area contributed by atoms with Gasteiger partial charge in [0.05, 0.1) is 10.7 Å². The molecule has 3 aromatic rings. The molecule has 0 aliphatic rings. The van der Waals surface area contributed by atoms with Gasteiger partial charge in [0.1, 0.15) is 5.75 Å². The number of ether oxygens (including phenoxy) is 1. The van der Waals surface area contributed by atoms with Crippen LogP contribution in [0.25, 0.3) is 0 Å². The van der Waals surface area contributed by atoms with Crippen molar-refractivity contribution in [1.29, 1.82) is 0 Å². The number of halogens is 2. The van der Waals surface area contributed by atoms with Gasteiger partial charge in [-0.15, -0.1) is 0 Å². The average molecular weight is 485 g/mol. The molecular weight excluding hydrogens is 459 g/mol. The third-order valence-corrected chi connectivity index (χ3v) is 5.58. The lowest BCUT2D eigenvalue weighted by Crippen LogP contribution is -2.30. The monoisotopic (exact) mass is 484 g/mol. The molecule has 0 heterocycles. The first-order valence-electron chi connectivity index (χ1n) is 10.8. The predicted molar refractivity (Wildman–Crippen MR) is 135 cm³/mol. The summed E-state index contributed by atoms with van der Waals surface area (Å²) in [4.78, 5) is 25.0. The fourth-order valence-electron chi connectivity index (χ4n) is 3.11. The molecule has 172 valence electrons. The second kappa shape index (κ2) is 11.7. The minimum atomic E-state index is -0.786. The zero-order valence-electron chi connectivity index (χ0n) is 18.5. The van der Waals surface area contributed by atoms with Crippen LogP contribution in [0.2, 0.25) is 10.0 Å². The summed E-state index contributed by atoms with van der Waals surface area (Å²) in [6.45, 7) is 3.79. The van der Waals surface area contributed by atoms with E-state index in [0.717, 1.165) is 24.9 Å². The SMILES string of the molecule is CCCCc1ccc(NC(=O)c2ccc(OC(C)C(=O)Nc3cc(Cl)ccc3Cl)cc2)cc1. The number of rotatable bonds is 9. The van der Waals surface area contributed by atoms with Gasteiger partial charge in [0.2, 0.25) is 0 Å². The molecule has 0 fully saturated rings. The Morgan fingerprint density at radius 2 is 1.64 bits per heavy atom. The van der Waals surface area contributed by atoms with Crippen LogP contribution in [0.5, 0.6) is 5.75 Å². The molecule has 0 saturated carbocycles. The van der Waals surface area contributed by atoms with Crippen molar-refractivity contribution in [3.8, 4) is 5.75 Å². The molecule has 3 rings (SSSR count). The molecule has 0 aliphatic heterocycles. The maximum Gasteiger partial charge on any atom is 0.265 e. The van der Waals surface area contributed by atoms with Crippen LogP contribution in [-0.2, 0) is 11.2 Å². The van der Waals surface area contributed by atoms with Gasteiger partial charge in [0.25, 0.3) is 11.8 Å². The van der Waals surface area contributed by atoms with Gasteiger partial charge in [0, 0.05) is 16.3 Å². The normalized spacial score (nSPS) is 11.5. The molecule has 1 unspecified atom stereocenters. The largest absolute Gasteiger partial charge is 0.481 e. The van der Waals surface area contributed by atoms with E-state index in [4.69, 9.17) is 27.9 Å². The summed E-state index contributed by atoms with van der Waals surface area (Å²) in [5, 5.41) is 6.43.